The lowest BCUT2D eigenvalue weighted by Gasteiger charge is -2.59. The Kier molecular flexibility index (Phi) is 6.62. The van der Waals surface area contributed by atoms with E-state index < -0.39 is 21.3 Å². The minimum Gasteiger partial charge on any atom is -0.347 e. The quantitative estimate of drug-likeness (QED) is 0.298. The maximum Gasteiger partial charge on any atom is 0.296 e. The normalized spacial score (nSPS) is 38.1. The molecule has 6 nitrogen and oxygen atoms in total. The van der Waals surface area contributed by atoms with Crippen molar-refractivity contribution in [2.75, 3.05) is 19.8 Å². The SMILES string of the molecule is Cc1ccc(S(=O)(=O)OC[C@@H](C)[C@H]2CCC3C4=C(CC[C@@]32C)[C@@]2(C)CCC3(C[C@]2(C#N)CC4)OCCO3)cc1. The molecule has 1 aromatic rings. The van der Waals surface area contributed by atoms with Crippen LogP contribution in [0.25, 0.3) is 0 Å². The number of nitriles is 1. The van der Waals surface area contributed by atoms with Crippen molar-refractivity contribution in [2.45, 2.75) is 96.2 Å². The first-order valence-electron chi connectivity index (χ1n) is 14.9. The number of allylic oxidation sites excluding steroid dienone is 2. The largest absolute Gasteiger partial charge is 0.347 e. The Labute approximate surface area is 234 Å². The summed E-state index contributed by atoms with van der Waals surface area (Å²) in [6, 6.07) is 9.68. The zero-order valence-electron chi connectivity index (χ0n) is 23.9. The third-order valence-corrected chi connectivity index (χ3v) is 13.1. The highest BCUT2D eigenvalue weighted by atomic mass is 32.2. The second-order valence-electron chi connectivity index (χ2n) is 13.6. The second-order valence-corrected chi connectivity index (χ2v) is 15.2. The number of hydrogen-bond acceptors (Lipinski definition) is 6. The Hall–Kier alpha value is -1.72. The Morgan fingerprint density at radius 3 is 2.46 bits per heavy atom. The van der Waals surface area contributed by atoms with Crippen molar-refractivity contribution in [3.63, 3.8) is 0 Å². The molecule has 5 aliphatic rings. The van der Waals surface area contributed by atoms with E-state index in [1.807, 2.05) is 6.92 Å². The van der Waals surface area contributed by atoms with Gasteiger partial charge < -0.3 is 9.47 Å². The first-order valence-corrected chi connectivity index (χ1v) is 16.3. The van der Waals surface area contributed by atoms with E-state index >= 15 is 0 Å². The molecule has 0 radical (unpaired) electrons. The van der Waals surface area contributed by atoms with E-state index in [2.05, 4.69) is 26.8 Å². The molecule has 1 unspecified atom stereocenters. The first kappa shape index (κ1) is 27.4. The van der Waals surface area contributed by atoms with Crippen LogP contribution in [0, 0.1) is 52.3 Å². The number of ether oxygens (including phenoxy) is 2. The van der Waals surface area contributed by atoms with Crippen molar-refractivity contribution in [2.24, 2.45) is 34.0 Å². The highest BCUT2D eigenvalue weighted by Crippen LogP contribution is 2.70. The fourth-order valence-corrected chi connectivity index (χ4v) is 10.5. The van der Waals surface area contributed by atoms with Crippen LogP contribution >= 0.6 is 0 Å². The van der Waals surface area contributed by atoms with E-state index in [1.165, 1.54) is 0 Å². The summed E-state index contributed by atoms with van der Waals surface area (Å²) >= 11 is 0. The summed E-state index contributed by atoms with van der Waals surface area (Å²) in [4.78, 5) is 0.224. The van der Waals surface area contributed by atoms with E-state index in [9.17, 15) is 13.7 Å². The molecule has 1 heterocycles. The monoisotopic (exact) mass is 553 g/mol. The Balaban J connectivity index is 1.21. The van der Waals surface area contributed by atoms with Crippen LogP contribution in [-0.4, -0.2) is 34.0 Å². The van der Waals surface area contributed by atoms with Crippen molar-refractivity contribution in [1.82, 2.24) is 0 Å². The molecule has 3 fully saturated rings. The lowest BCUT2D eigenvalue weighted by atomic mass is 9.45. The van der Waals surface area contributed by atoms with Gasteiger partial charge in [-0.2, -0.15) is 13.7 Å². The first-order chi connectivity index (χ1) is 18.5. The van der Waals surface area contributed by atoms with Crippen LogP contribution in [0.1, 0.15) is 84.1 Å². The predicted octanol–water partition coefficient (Wildman–Crippen LogP) is 6.70. The number of rotatable bonds is 5. The van der Waals surface area contributed by atoms with Gasteiger partial charge in [0, 0.05) is 18.3 Å². The molecule has 39 heavy (non-hydrogen) atoms. The lowest BCUT2D eigenvalue weighted by molar-refractivity contribution is -0.217. The van der Waals surface area contributed by atoms with Crippen LogP contribution in [-0.2, 0) is 23.8 Å². The molecule has 1 saturated heterocycles. The number of fused-ring (bicyclic) bond motifs is 4. The molecule has 4 aliphatic carbocycles. The molecule has 2 saturated carbocycles. The van der Waals surface area contributed by atoms with Crippen molar-refractivity contribution in [1.29, 1.82) is 5.26 Å². The van der Waals surface area contributed by atoms with E-state index in [0.29, 0.717) is 31.5 Å². The molecule has 0 aromatic heterocycles. The van der Waals surface area contributed by atoms with Crippen molar-refractivity contribution in [3.8, 4) is 6.07 Å². The second kappa shape index (κ2) is 9.41. The molecule has 7 heteroatoms. The maximum absolute atomic E-state index is 12.9. The molecule has 6 atom stereocenters. The molecular formula is C32H43NO5S. The predicted molar refractivity (Wildman–Crippen MR) is 148 cm³/mol. The van der Waals surface area contributed by atoms with Gasteiger partial charge in [-0.1, -0.05) is 49.6 Å². The summed E-state index contributed by atoms with van der Waals surface area (Å²) in [5.41, 5.74) is 3.75. The van der Waals surface area contributed by atoms with Crippen LogP contribution in [0.4, 0.5) is 0 Å². The van der Waals surface area contributed by atoms with Gasteiger partial charge in [0.15, 0.2) is 5.79 Å². The third-order valence-electron chi connectivity index (χ3n) is 11.8. The Bertz CT molecular complexity index is 1310. The molecule has 0 bridgehead atoms. The summed E-state index contributed by atoms with van der Waals surface area (Å²) in [6.45, 7) is 10.4. The summed E-state index contributed by atoms with van der Waals surface area (Å²) in [5.74, 6) is 0.496. The van der Waals surface area contributed by atoms with Crippen LogP contribution < -0.4 is 0 Å². The van der Waals surface area contributed by atoms with Crippen molar-refractivity contribution >= 4 is 10.1 Å². The van der Waals surface area contributed by atoms with E-state index in [-0.39, 0.29) is 28.3 Å². The number of benzene rings is 1. The van der Waals surface area contributed by atoms with E-state index in [4.69, 9.17) is 13.7 Å². The maximum atomic E-state index is 12.9. The number of hydrogen-bond donors (Lipinski definition) is 0. The van der Waals surface area contributed by atoms with Gasteiger partial charge in [-0.25, -0.2) is 0 Å². The van der Waals surface area contributed by atoms with Crippen molar-refractivity contribution < 1.29 is 22.1 Å². The number of nitrogens with zero attached hydrogens (tertiary/aromatic N) is 1. The van der Waals surface area contributed by atoms with Gasteiger partial charge in [-0.15, -0.1) is 0 Å². The van der Waals surface area contributed by atoms with Crippen LogP contribution in [0.3, 0.4) is 0 Å². The highest BCUT2D eigenvalue weighted by Gasteiger charge is 2.64. The molecule has 1 aromatic carbocycles. The van der Waals surface area contributed by atoms with E-state index in [1.54, 1.807) is 35.4 Å². The minimum absolute atomic E-state index is 0.131. The minimum atomic E-state index is -3.77. The molecule has 0 N–H and O–H groups in total. The molecule has 1 spiro atoms. The Morgan fingerprint density at radius 2 is 1.77 bits per heavy atom. The topological polar surface area (TPSA) is 85.6 Å². The van der Waals surface area contributed by atoms with Crippen LogP contribution in [0.15, 0.2) is 40.3 Å². The Morgan fingerprint density at radius 1 is 1.05 bits per heavy atom. The molecule has 1 aliphatic heterocycles. The van der Waals surface area contributed by atoms with Gasteiger partial charge in [-0.3, -0.25) is 4.18 Å². The zero-order chi connectivity index (χ0) is 27.7. The van der Waals surface area contributed by atoms with Gasteiger partial charge in [0.2, 0.25) is 0 Å². The smallest absolute Gasteiger partial charge is 0.296 e. The molecule has 6 rings (SSSR count). The third kappa shape index (κ3) is 4.16. The molecular weight excluding hydrogens is 510 g/mol. The fourth-order valence-electron chi connectivity index (χ4n) is 9.47. The lowest BCUT2D eigenvalue weighted by Crippen LogP contribution is -2.55. The van der Waals surface area contributed by atoms with E-state index in [0.717, 1.165) is 56.9 Å². The van der Waals surface area contributed by atoms with Gasteiger partial charge in [-0.05, 0) is 87.2 Å². The number of aryl methyl sites for hydroxylation is 1. The molecule has 212 valence electrons. The summed E-state index contributed by atoms with van der Waals surface area (Å²) in [6.07, 6.45) is 8.68. The standard InChI is InChI=1S/C32H43NO5S/c1-22-5-7-24(8-6-22)39(34,35)38-19-23(2)26-9-10-27-25-11-14-31(21-33)20-32(36-17-18-37-32)16-15-30(31,4)28(25)12-13-29(26,27)3/h5-8,23,26-27H,9-20H2,1-4H3/t23-,26-,27?,29-,30-,31+/m1/s1. The summed E-state index contributed by atoms with van der Waals surface area (Å²) in [5, 5.41) is 10.6. The van der Waals surface area contributed by atoms with Crippen LogP contribution in [0.5, 0.6) is 0 Å². The fraction of sp³-hybridized carbons (Fsp3) is 0.719. The van der Waals surface area contributed by atoms with Gasteiger partial charge in [0.1, 0.15) is 0 Å². The summed E-state index contributed by atoms with van der Waals surface area (Å²) < 4.78 is 43.5. The van der Waals surface area contributed by atoms with Gasteiger partial charge >= 0.3 is 0 Å². The van der Waals surface area contributed by atoms with Gasteiger partial charge in [0.05, 0.1) is 36.2 Å². The van der Waals surface area contributed by atoms with Gasteiger partial charge in [0.25, 0.3) is 10.1 Å². The highest BCUT2D eigenvalue weighted by molar-refractivity contribution is 7.86. The zero-order valence-corrected chi connectivity index (χ0v) is 24.7. The average Bonchev–Trinajstić information content (AvgIpc) is 3.52. The van der Waals surface area contributed by atoms with Crippen LogP contribution in [0.2, 0.25) is 0 Å². The average molecular weight is 554 g/mol. The van der Waals surface area contributed by atoms with Crippen molar-refractivity contribution in [3.05, 3.63) is 41.0 Å². The summed E-state index contributed by atoms with van der Waals surface area (Å²) in [7, 11) is -3.77. The molecule has 0 amide bonds.